The van der Waals surface area contributed by atoms with E-state index in [-0.39, 0.29) is 12.4 Å². The van der Waals surface area contributed by atoms with E-state index in [4.69, 9.17) is 4.74 Å². The summed E-state index contributed by atoms with van der Waals surface area (Å²) in [6.45, 7) is 4.58. The molecular formula is C23H29ClN2O. The number of hydrogen-bond donors (Lipinski definition) is 0. The number of fused-ring (bicyclic) bond motifs is 1. The molecule has 0 spiro atoms. The summed E-state index contributed by atoms with van der Waals surface area (Å²) in [5.74, 6) is 0.939. The predicted octanol–water partition coefficient (Wildman–Crippen LogP) is 5.15. The first-order valence-electron chi connectivity index (χ1n) is 9.75. The van der Waals surface area contributed by atoms with Crippen LogP contribution in [-0.4, -0.2) is 36.2 Å². The summed E-state index contributed by atoms with van der Waals surface area (Å²) < 4.78 is 7.86. The molecule has 4 heteroatoms. The molecule has 1 aliphatic heterocycles. The Morgan fingerprint density at radius 1 is 0.963 bits per heavy atom. The first-order chi connectivity index (χ1) is 12.8. The summed E-state index contributed by atoms with van der Waals surface area (Å²) in [5.41, 5.74) is 4.06. The van der Waals surface area contributed by atoms with Crippen LogP contribution in [0.2, 0.25) is 0 Å². The van der Waals surface area contributed by atoms with Gasteiger partial charge in [0.2, 0.25) is 0 Å². The zero-order chi connectivity index (χ0) is 17.8. The summed E-state index contributed by atoms with van der Waals surface area (Å²) in [6, 6.07) is 17.2. The summed E-state index contributed by atoms with van der Waals surface area (Å²) in [5, 5.41) is 1.33. The summed E-state index contributed by atoms with van der Waals surface area (Å²) in [4.78, 5) is 2.62. The lowest BCUT2D eigenvalue weighted by atomic mass is 10.1. The Balaban J connectivity index is 0.00000210. The lowest BCUT2D eigenvalue weighted by Gasteiger charge is -2.26. The largest absolute Gasteiger partial charge is 0.497 e. The van der Waals surface area contributed by atoms with Gasteiger partial charge >= 0.3 is 0 Å². The fourth-order valence-corrected chi connectivity index (χ4v) is 4.05. The number of ether oxygens (including phenoxy) is 1. The van der Waals surface area contributed by atoms with Crippen molar-refractivity contribution in [3.05, 3.63) is 65.9 Å². The van der Waals surface area contributed by atoms with E-state index in [0.29, 0.717) is 0 Å². The molecule has 0 amide bonds. The van der Waals surface area contributed by atoms with Crippen molar-refractivity contribution in [2.45, 2.75) is 32.2 Å². The summed E-state index contributed by atoms with van der Waals surface area (Å²) >= 11 is 0. The Morgan fingerprint density at radius 2 is 1.74 bits per heavy atom. The van der Waals surface area contributed by atoms with Crippen LogP contribution in [0.25, 0.3) is 10.9 Å². The minimum atomic E-state index is 0. The number of benzene rings is 2. The molecule has 27 heavy (non-hydrogen) atoms. The van der Waals surface area contributed by atoms with Crippen molar-refractivity contribution in [1.82, 2.24) is 9.47 Å². The van der Waals surface area contributed by atoms with E-state index in [1.54, 1.807) is 7.11 Å². The molecule has 2 aromatic carbocycles. The molecule has 2 heterocycles. The quantitative estimate of drug-likeness (QED) is 0.584. The number of likely N-dealkylation sites (tertiary alicyclic amines) is 1. The average Bonchev–Trinajstić information content (AvgIpc) is 3.04. The maximum atomic E-state index is 5.48. The molecule has 1 aliphatic rings. The van der Waals surface area contributed by atoms with Crippen molar-refractivity contribution in [2.75, 3.05) is 26.7 Å². The van der Waals surface area contributed by atoms with Gasteiger partial charge in [-0.15, -0.1) is 12.4 Å². The third-order valence-electron chi connectivity index (χ3n) is 5.51. The Bertz CT molecular complexity index is 853. The van der Waals surface area contributed by atoms with Crippen molar-refractivity contribution in [3.8, 4) is 5.75 Å². The van der Waals surface area contributed by atoms with E-state index in [9.17, 15) is 0 Å². The van der Waals surface area contributed by atoms with Crippen LogP contribution in [0.15, 0.2) is 54.7 Å². The van der Waals surface area contributed by atoms with Gasteiger partial charge in [0, 0.05) is 30.2 Å². The molecule has 1 saturated heterocycles. The molecule has 144 valence electrons. The van der Waals surface area contributed by atoms with Crippen molar-refractivity contribution in [1.29, 1.82) is 0 Å². The van der Waals surface area contributed by atoms with Crippen molar-refractivity contribution >= 4 is 23.3 Å². The van der Waals surface area contributed by atoms with Gasteiger partial charge in [-0.1, -0.05) is 36.8 Å². The highest BCUT2D eigenvalue weighted by Gasteiger charge is 2.14. The topological polar surface area (TPSA) is 17.4 Å². The highest BCUT2D eigenvalue weighted by Crippen LogP contribution is 2.27. The van der Waals surface area contributed by atoms with Crippen molar-refractivity contribution in [2.24, 2.45) is 0 Å². The second-order valence-corrected chi connectivity index (χ2v) is 7.30. The van der Waals surface area contributed by atoms with E-state index < -0.39 is 0 Å². The third kappa shape index (κ3) is 4.66. The second-order valence-electron chi connectivity index (χ2n) is 7.30. The zero-order valence-electron chi connectivity index (χ0n) is 16.1. The van der Waals surface area contributed by atoms with Crippen LogP contribution in [0.1, 0.15) is 30.4 Å². The monoisotopic (exact) mass is 384 g/mol. The van der Waals surface area contributed by atoms with Gasteiger partial charge in [-0.2, -0.15) is 0 Å². The number of nitrogens with zero attached hydrogens (tertiary/aromatic N) is 2. The van der Waals surface area contributed by atoms with Gasteiger partial charge in [-0.05, 0) is 61.7 Å². The normalized spacial score (nSPS) is 14.9. The number of piperidine rings is 1. The lowest BCUT2D eigenvalue weighted by Crippen LogP contribution is -2.31. The molecule has 3 aromatic rings. The van der Waals surface area contributed by atoms with Gasteiger partial charge in [0.1, 0.15) is 5.75 Å². The Labute approximate surface area is 168 Å². The van der Waals surface area contributed by atoms with Gasteiger partial charge < -0.3 is 14.2 Å². The molecule has 1 fully saturated rings. The Kier molecular flexibility index (Phi) is 6.81. The molecule has 0 radical (unpaired) electrons. The van der Waals surface area contributed by atoms with Crippen molar-refractivity contribution in [3.63, 3.8) is 0 Å². The van der Waals surface area contributed by atoms with E-state index in [0.717, 1.165) is 25.3 Å². The van der Waals surface area contributed by atoms with E-state index in [2.05, 4.69) is 64.2 Å². The number of rotatable bonds is 6. The molecule has 0 atom stereocenters. The van der Waals surface area contributed by atoms with Crippen LogP contribution >= 0.6 is 12.4 Å². The van der Waals surface area contributed by atoms with E-state index >= 15 is 0 Å². The van der Waals surface area contributed by atoms with E-state index in [1.807, 2.05) is 0 Å². The van der Waals surface area contributed by atoms with E-state index in [1.165, 1.54) is 54.4 Å². The average molecular weight is 385 g/mol. The maximum absolute atomic E-state index is 5.48. The molecule has 1 aromatic heterocycles. The molecule has 0 saturated carbocycles. The Morgan fingerprint density at radius 3 is 2.48 bits per heavy atom. The number of halogens is 1. The minimum Gasteiger partial charge on any atom is -0.497 e. The molecular weight excluding hydrogens is 356 g/mol. The first-order valence-corrected chi connectivity index (χ1v) is 9.75. The molecule has 0 unspecified atom stereocenters. The van der Waals surface area contributed by atoms with Crippen LogP contribution in [0, 0.1) is 0 Å². The molecule has 0 aliphatic carbocycles. The van der Waals surface area contributed by atoms with Gasteiger partial charge in [0.25, 0.3) is 0 Å². The minimum absolute atomic E-state index is 0. The maximum Gasteiger partial charge on any atom is 0.119 e. The van der Waals surface area contributed by atoms with Crippen LogP contribution in [0.4, 0.5) is 0 Å². The molecule has 0 N–H and O–H groups in total. The summed E-state index contributed by atoms with van der Waals surface area (Å²) in [6.07, 6.45) is 7.55. The Hall–Kier alpha value is -1.97. The van der Waals surface area contributed by atoms with Crippen molar-refractivity contribution < 1.29 is 4.74 Å². The number of hydrogen-bond acceptors (Lipinski definition) is 2. The van der Waals surface area contributed by atoms with Crippen LogP contribution in [0.3, 0.4) is 0 Å². The number of methoxy groups -OCH3 is 1. The third-order valence-corrected chi connectivity index (χ3v) is 5.51. The molecule has 0 bridgehead atoms. The summed E-state index contributed by atoms with van der Waals surface area (Å²) in [7, 11) is 1.75. The van der Waals surface area contributed by atoms with Gasteiger partial charge in [-0.3, -0.25) is 0 Å². The zero-order valence-corrected chi connectivity index (χ0v) is 16.9. The predicted molar refractivity (Wildman–Crippen MR) is 115 cm³/mol. The van der Waals surface area contributed by atoms with Crippen LogP contribution in [-0.2, 0) is 13.0 Å². The fourth-order valence-electron chi connectivity index (χ4n) is 4.05. The van der Waals surface area contributed by atoms with Crippen LogP contribution in [0.5, 0.6) is 5.75 Å². The van der Waals surface area contributed by atoms with Gasteiger partial charge in [0.05, 0.1) is 7.11 Å². The number of aromatic nitrogens is 1. The first kappa shape index (κ1) is 19.8. The standard InChI is InChI=1S/C23H28N2O.ClH/c1-26-21-10-11-23-22(16-21)20(12-15-24-13-6-3-7-14-24)18-25(23)17-19-8-4-2-5-9-19;/h2,4-5,8-11,16,18H,3,6-7,12-15,17H2,1H3;1H. The smallest absolute Gasteiger partial charge is 0.119 e. The highest BCUT2D eigenvalue weighted by atomic mass is 35.5. The fraction of sp³-hybridized carbons (Fsp3) is 0.391. The van der Waals surface area contributed by atoms with Gasteiger partial charge in [0.15, 0.2) is 0 Å². The second kappa shape index (κ2) is 9.29. The SMILES string of the molecule is COc1ccc2c(c1)c(CCN1CCCCC1)cn2Cc1ccccc1.Cl. The molecule has 4 rings (SSSR count). The lowest BCUT2D eigenvalue weighted by molar-refractivity contribution is 0.231. The molecule has 3 nitrogen and oxygen atoms in total. The highest BCUT2D eigenvalue weighted by molar-refractivity contribution is 5.86. The van der Waals surface area contributed by atoms with Gasteiger partial charge in [-0.25, -0.2) is 0 Å². The van der Waals surface area contributed by atoms with Crippen LogP contribution < -0.4 is 4.74 Å².